The smallest absolute Gasteiger partial charge is 0.228 e. The van der Waals surface area contributed by atoms with Crippen molar-refractivity contribution in [1.82, 2.24) is 15.1 Å². The number of aromatic amines is 1. The highest BCUT2D eigenvalue weighted by atomic mass is 16.2. The molecule has 6 heteroatoms. The van der Waals surface area contributed by atoms with Gasteiger partial charge in [-0.05, 0) is 29.7 Å². The second-order valence-electron chi connectivity index (χ2n) is 6.93. The Morgan fingerprint density at radius 3 is 2.64 bits per heavy atom. The Kier molecular flexibility index (Phi) is 4.88. The molecule has 25 heavy (non-hydrogen) atoms. The molecule has 1 aliphatic heterocycles. The maximum Gasteiger partial charge on any atom is 0.228 e. The van der Waals surface area contributed by atoms with Gasteiger partial charge in [0.25, 0.3) is 0 Å². The SMILES string of the molecule is CC(C)c1ccc(N2C[C@@H](C(=O)N(C)Cc3ccn[nH]3)CC2=O)cc1. The van der Waals surface area contributed by atoms with Crippen LogP contribution in [0.15, 0.2) is 36.5 Å². The molecule has 1 saturated heterocycles. The summed E-state index contributed by atoms with van der Waals surface area (Å²) < 4.78 is 0. The van der Waals surface area contributed by atoms with Crippen molar-refractivity contribution in [2.75, 3.05) is 18.5 Å². The molecule has 0 radical (unpaired) electrons. The minimum absolute atomic E-state index is 0.00517. The Balaban J connectivity index is 1.66. The largest absolute Gasteiger partial charge is 0.340 e. The fourth-order valence-corrected chi connectivity index (χ4v) is 3.18. The predicted molar refractivity (Wildman–Crippen MR) is 96.1 cm³/mol. The zero-order valence-electron chi connectivity index (χ0n) is 14.9. The summed E-state index contributed by atoms with van der Waals surface area (Å²) in [5.74, 6) is 0.147. The molecule has 132 valence electrons. The van der Waals surface area contributed by atoms with E-state index in [2.05, 4.69) is 24.0 Å². The summed E-state index contributed by atoms with van der Waals surface area (Å²) in [6, 6.07) is 9.87. The number of amides is 2. The lowest BCUT2D eigenvalue weighted by Crippen LogP contribution is -2.34. The standard InChI is InChI=1S/C19H24N4O2/c1-13(2)14-4-6-17(7-5-14)23-11-15(10-18(23)24)19(25)22(3)12-16-8-9-20-21-16/h4-9,13,15H,10-12H2,1-3H3,(H,20,21)/t15-/m0/s1. The molecule has 0 bridgehead atoms. The number of aromatic nitrogens is 2. The van der Waals surface area contributed by atoms with E-state index in [-0.39, 0.29) is 24.2 Å². The van der Waals surface area contributed by atoms with Crippen molar-refractivity contribution in [2.45, 2.75) is 32.7 Å². The van der Waals surface area contributed by atoms with E-state index in [1.807, 2.05) is 30.3 Å². The maximum atomic E-state index is 12.7. The van der Waals surface area contributed by atoms with Crippen LogP contribution in [0.3, 0.4) is 0 Å². The van der Waals surface area contributed by atoms with Crippen molar-refractivity contribution in [3.8, 4) is 0 Å². The van der Waals surface area contributed by atoms with Gasteiger partial charge in [0.2, 0.25) is 11.8 Å². The van der Waals surface area contributed by atoms with Crippen molar-refractivity contribution in [3.05, 3.63) is 47.8 Å². The van der Waals surface area contributed by atoms with Gasteiger partial charge in [-0.3, -0.25) is 14.7 Å². The van der Waals surface area contributed by atoms with Gasteiger partial charge in [0.15, 0.2) is 0 Å². The Hall–Kier alpha value is -2.63. The highest BCUT2D eigenvalue weighted by Crippen LogP contribution is 2.27. The molecule has 2 aromatic rings. The van der Waals surface area contributed by atoms with Gasteiger partial charge in [0.1, 0.15) is 0 Å². The van der Waals surface area contributed by atoms with E-state index in [1.54, 1.807) is 23.0 Å². The van der Waals surface area contributed by atoms with Gasteiger partial charge >= 0.3 is 0 Å². The Morgan fingerprint density at radius 1 is 1.32 bits per heavy atom. The van der Waals surface area contributed by atoms with Gasteiger partial charge in [-0.15, -0.1) is 0 Å². The fourth-order valence-electron chi connectivity index (χ4n) is 3.18. The quantitative estimate of drug-likeness (QED) is 0.909. The normalized spacial score (nSPS) is 17.4. The van der Waals surface area contributed by atoms with E-state index in [0.29, 0.717) is 19.0 Å². The molecule has 0 aliphatic carbocycles. The summed E-state index contributed by atoms with van der Waals surface area (Å²) >= 11 is 0. The molecule has 1 aliphatic rings. The van der Waals surface area contributed by atoms with Crippen LogP contribution in [0.5, 0.6) is 0 Å². The second-order valence-corrected chi connectivity index (χ2v) is 6.93. The molecular weight excluding hydrogens is 316 g/mol. The number of H-pyrrole nitrogens is 1. The topological polar surface area (TPSA) is 69.3 Å². The summed E-state index contributed by atoms with van der Waals surface area (Å²) in [5, 5.41) is 6.74. The molecule has 1 atom stereocenters. The summed E-state index contributed by atoms with van der Waals surface area (Å²) in [4.78, 5) is 28.4. The van der Waals surface area contributed by atoms with Gasteiger partial charge in [-0.1, -0.05) is 26.0 Å². The third kappa shape index (κ3) is 3.73. The van der Waals surface area contributed by atoms with Crippen molar-refractivity contribution in [1.29, 1.82) is 0 Å². The number of rotatable bonds is 5. The monoisotopic (exact) mass is 340 g/mol. The summed E-state index contributed by atoms with van der Waals surface area (Å²) in [6.07, 6.45) is 1.92. The van der Waals surface area contributed by atoms with Crippen LogP contribution in [-0.2, 0) is 16.1 Å². The van der Waals surface area contributed by atoms with Gasteiger partial charge in [-0.25, -0.2) is 0 Å². The lowest BCUT2D eigenvalue weighted by molar-refractivity contribution is -0.135. The number of benzene rings is 1. The predicted octanol–water partition coefficient (Wildman–Crippen LogP) is 2.54. The molecule has 2 amide bonds. The first-order valence-electron chi connectivity index (χ1n) is 8.59. The average molecular weight is 340 g/mol. The number of hydrogen-bond donors (Lipinski definition) is 1. The molecule has 0 spiro atoms. The Bertz CT molecular complexity index is 737. The van der Waals surface area contributed by atoms with E-state index in [0.717, 1.165) is 11.4 Å². The van der Waals surface area contributed by atoms with Crippen LogP contribution in [0, 0.1) is 5.92 Å². The number of nitrogens with zero attached hydrogens (tertiary/aromatic N) is 3. The second kappa shape index (κ2) is 7.09. The maximum absolute atomic E-state index is 12.7. The van der Waals surface area contributed by atoms with Gasteiger partial charge in [0.05, 0.1) is 18.2 Å². The lowest BCUT2D eigenvalue weighted by atomic mass is 10.0. The summed E-state index contributed by atoms with van der Waals surface area (Å²) in [7, 11) is 1.76. The van der Waals surface area contributed by atoms with Crippen LogP contribution in [-0.4, -0.2) is 40.5 Å². The molecule has 3 rings (SSSR count). The first-order valence-corrected chi connectivity index (χ1v) is 8.59. The van der Waals surface area contributed by atoms with E-state index in [4.69, 9.17) is 0 Å². The van der Waals surface area contributed by atoms with Crippen LogP contribution in [0.1, 0.15) is 37.4 Å². The van der Waals surface area contributed by atoms with E-state index in [1.165, 1.54) is 5.56 Å². The van der Waals surface area contributed by atoms with Gasteiger partial charge < -0.3 is 9.80 Å². The first-order chi connectivity index (χ1) is 12.0. The number of hydrogen-bond acceptors (Lipinski definition) is 3. The zero-order valence-corrected chi connectivity index (χ0v) is 14.9. The molecule has 2 heterocycles. The van der Waals surface area contributed by atoms with Crippen LogP contribution in [0.2, 0.25) is 0 Å². The number of anilines is 1. The van der Waals surface area contributed by atoms with Crippen molar-refractivity contribution >= 4 is 17.5 Å². The van der Waals surface area contributed by atoms with Crippen LogP contribution >= 0.6 is 0 Å². The van der Waals surface area contributed by atoms with E-state index in [9.17, 15) is 9.59 Å². The van der Waals surface area contributed by atoms with Gasteiger partial charge in [-0.2, -0.15) is 5.10 Å². The van der Waals surface area contributed by atoms with E-state index < -0.39 is 0 Å². The third-order valence-corrected chi connectivity index (χ3v) is 4.69. The number of carbonyl (C=O) groups excluding carboxylic acids is 2. The molecule has 1 N–H and O–H groups in total. The molecule has 1 aromatic carbocycles. The highest BCUT2D eigenvalue weighted by molar-refractivity contribution is 6.00. The molecule has 0 saturated carbocycles. The molecule has 6 nitrogen and oxygen atoms in total. The number of nitrogens with one attached hydrogen (secondary N) is 1. The van der Waals surface area contributed by atoms with Crippen molar-refractivity contribution in [3.63, 3.8) is 0 Å². The third-order valence-electron chi connectivity index (χ3n) is 4.69. The molecule has 1 aromatic heterocycles. The molecule has 0 unspecified atom stereocenters. The lowest BCUT2D eigenvalue weighted by Gasteiger charge is -2.21. The number of carbonyl (C=O) groups is 2. The Labute approximate surface area is 147 Å². The molecular formula is C19H24N4O2. The Morgan fingerprint density at radius 2 is 2.04 bits per heavy atom. The molecule has 1 fully saturated rings. The minimum atomic E-state index is -0.301. The van der Waals surface area contributed by atoms with Crippen LogP contribution in [0.4, 0.5) is 5.69 Å². The minimum Gasteiger partial charge on any atom is -0.340 e. The van der Waals surface area contributed by atoms with Gasteiger partial charge in [0, 0.05) is 31.9 Å². The first kappa shape index (κ1) is 17.2. The van der Waals surface area contributed by atoms with Crippen molar-refractivity contribution < 1.29 is 9.59 Å². The highest BCUT2D eigenvalue weighted by Gasteiger charge is 2.36. The average Bonchev–Trinajstić information content (AvgIpc) is 3.23. The van der Waals surface area contributed by atoms with E-state index >= 15 is 0 Å². The summed E-state index contributed by atoms with van der Waals surface area (Å²) in [5.41, 5.74) is 2.98. The van der Waals surface area contributed by atoms with Crippen LogP contribution < -0.4 is 4.90 Å². The van der Waals surface area contributed by atoms with Crippen molar-refractivity contribution in [2.24, 2.45) is 5.92 Å². The fraction of sp³-hybridized carbons (Fsp3) is 0.421. The zero-order chi connectivity index (χ0) is 18.0. The van der Waals surface area contributed by atoms with Crippen LogP contribution in [0.25, 0.3) is 0 Å². The summed E-state index contributed by atoms with van der Waals surface area (Å²) in [6.45, 7) is 5.18.